The number of ether oxygens (including phenoxy) is 1. The summed E-state index contributed by atoms with van der Waals surface area (Å²) in [7, 11) is 0. The van der Waals surface area contributed by atoms with Gasteiger partial charge in [0.15, 0.2) is 0 Å². The normalized spacial score (nSPS) is 16.3. The van der Waals surface area contributed by atoms with Crippen LogP contribution in [0.4, 0.5) is 17.6 Å². The first-order chi connectivity index (χ1) is 24.4. The minimum absolute atomic E-state index is 0.0813. The van der Waals surface area contributed by atoms with Crippen LogP contribution in [0.3, 0.4) is 0 Å². The molecule has 0 amide bonds. The monoisotopic (exact) mass is 689 g/mol. The molecule has 5 rings (SSSR count). The number of benzene rings is 1. The number of rotatable bonds is 20. The lowest BCUT2D eigenvalue weighted by atomic mass is 9.89. The van der Waals surface area contributed by atoms with Gasteiger partial charge in [0, 0.05) is 44.1 Å². The highest BCUT2D eigenvalue weighted by molar-refractivity contribution is 5.82. The van der Waals surface area contributed by atoms with Crippen LogP contribution in [-0.2, 0) is 34.0 Å². The van der Waals surface area contributed by atoms with E-state index in [4.69, 9.17) is 16.2 Å². The number of carbonyl (C=O) groups is 2. The summed E-state index contributed by atoms with van der Waals surface area (Å²) >= 11 is 0. The number of anilines is 3. The molecule has 50 heavy (non-hydrogen) atoms. The smallest absolute Gasteiger partial charge is 0.323 e. The second-order valence-corrected chi connectivity index (χ2v) is 13.5. The lowest BCUT2D eigenvalue weighted by molar-refractivity contribution is -0.146. The van der Waals surface area contributed by atoms with Crippen molar-refractivity contribution in [3.8, 4) is 0 Å². The van der Waals surface area contributed by atoms with Crippen molar-refractivity contribution in [1.29, 1.82) is 0 Å². The van der Waals surface area contributed by atoms with Crippen molar-refractivity contribution in [3.63, 3.8) is 0 Å². The number of Topliss-reactive ketones (excluding diaryl/α,β-unsaturated/α-hetero) is 1. The zero-order chi connectivity index (χ0) is 35.0. The Bertz CT molecular complexity index is 1460. The molecular weight excluding hydrogens is 634 g/mol. The van der Waals surface area contributed by atoms with Crippen molar-refractivity contribution < 1.29 is 14.3 Å². The zero-order valence-corrected chi connectivity index (χ0v) is 29.3. The molecule has 2 aliphatic rings. The molecule has 14 heteroatoms. The Morgan fingerprint density at radius 2 is 1.76 bits per heavy atom. The van der Waals surface area contributed by atoms with E-state index in [9.17, 15) is 9.59 Å². The maximum Gasteiger partial charge on any atom is 0.323 e. The number of carbonyl (C=O) groups excluding carboxylic acids is 2. The maximum atomic E-state index is 12.9. The van der Waals surface area contributed by atoms with Crippen LogP contribution in [0.2, 0.25) is 0 Å². The highest BCUT2D eigenvalue weighted by Gasteiger charge is 2.27. The maximum absolute atomic E-state index is 12.9. The molecule has 1 aliphatic heterocycles. The fourth-order valence-corrected chi connectivity index (χ4v) is 6.60. The van der Waals surface area contributed by atoms with Crippen molar-refractivity contribution >= 4 is 29.3 Å². The first-order valence-electron chi connectivity index (χ1n) is 18.4. The Morgan fingerprint density at radius 1 is 0.980 bits per heavy atom. The summed E-state index contributed by atoms with van der Waals surface area (Å²) in [5, 5.41) is 19.0. The van der Waals surface area contributed by atoms with Crippen LogP contribution in [0.1, 0.15) is 81.9 Å². The van der Waals surface area contributed by atoms with E-state index >= 15 is 0 Å². The van der Waals surface area contributed by atoms with Crippen LogP contribution in [0.15, 0.2) is 42.6 Å². The van der Waals surface area contributed by atoms with E-state index < -0.39 is 12.0 Å². The molecule has 272 valence electrons. The van der Waals surface area contributed by atoms with Gasteiger partial charge < -0.3 is 37.1 Å². The summed E-state index contributed by atoms with van der Waals surface area (Å²) in [6.07, 6.45) is 12.8. The number of piperidine rings is 1. The van der Waals surface area contributed by atoms with Gasteiger partial charge in [-0.05, 0) is 70.1 Å². The van der Waals surface area contributed by atoms with Crippen LogP contribution in [0.25, 0.3) is 0 Å². The number of esters is 1. The molecule has 0 unspecified atom stereocenters. The van der Waals surface area contributed by atoms with Crippen LogP contribution in [0.5, 0.6) is 0 Å². The quantitative estimate of drug-likeness (QED) is 0.0860. The highest BCUT2D eigenvalue weighted by atomic mass is 16.5. The van der Waals surface area contributed by atoms with E-state index in [2.05, 4.69) is 41.1 Å². The van der Waals surface area contributed by atoms with Crippen LogP contribution < -0.4 is 32.3 Å². The van der Waals surface area contributed by atoms with Crippen molar-refractivity contribution in [1.82, 2.24) is 35.6 Å². The molecule has 14 nitrogen and oxygen atoms in total. The second kappa shape index (κ2) is 19.9. The van der Waals surface area contributed by atoms with Gasteiger partial charge in [-0.2, -0.15) is 9.97 Å². The van der Waals surface area contributed by atoms with E-state index in [-0.39, 0.29) is 31.1 Å². The van der Waals surface area contributed by atoms with Crippen molar-refractivity contribution in [2.75, 3.05) is 48.7 Å². The van der Waals surface area contributed by atoms with Gasteiger partial charge in [0.25, 0.3) is 0 Å². The third-order valence-corrected chi connectivity index (χ3v) is 9.56. The Labute approximate surface area is 295 Å². The summed E-state index contributed by atoms with van der Waals surface area (Å²) in [5.74, 6) is 1.06. The fourth-order valence-electron chi connectivity index (χ4n) is 6.60. The lowest BCUT2D eigenvalue weighted by Gasteiger charge is -2.32. The number of aromatic nitrogens is 5. The number of hydrogen-bond donors (Lipinski definition) is 5. The first kappa shape index (κ1) is 37.1. The van der Waals surface area contributed by atoms with E-state index in [0.717, 1.165) is 62.1 Å². The molecule has 2 aromatic heterocycles. The highest BCUT2D eigenvalue weighted by Crippen LogP contribution is 2.26. The molecule has 1 aliphatic carbocycles. The number of aryl methyl sites for hydroxylation is 1. The zero-order valence-electron chi connectivity index (χ0n) is 29.3. The molecule has 7 N–H and O–H groups in total. The summed E-state index contributed by atoms with van der Waals surface area (Å²) in [4.78, 5) is 36.4. The Balaban J connectivity index is 0.957. The Hall–Kier alpha value is -4.14. The number of nitrogens with two attached hydrogens (primary N) is 2. The average Bonchev–Trinajstić information content (AvgIpc) is 3.61. The third kappa shape index (κ3) is 12.3. The van der Waals surface area contributed by atoms with Crippen LogP contribution >= 0.6 is 0 Å². The van der Waals surface area contributed by atoms with E-state index in [1.807, 2.05) is 41.2 Å². The van der Waals surface area contributed by atoms with Gasteiger partial charge in [0.1, 0.15) is 35.8 Å². The van der Waals surface area contributed by atoms with Crippen LogP contribution in [-0.4, -0.2) is 81.5 Å². The summed E-state index contributed by atoms with van der Waals surface area (Å²) in [6, 6.07) is 11.1. The predicted octanol–water partition coefficient (Wildman–Crippen LogP) is 3.19. The van der Waals surface area contributed by atoms with E-state index in [1.54, 1.807) is 6.07 Å². The number of hydrogen-bond acceptors (Lipinski definition) is 13. The third-order valence-electron chi connectivity index (χ3n) is 9.56. The Kier molecular flexibility index (Phi) is 14.8. The molecule has 0 spiro atoms. The second-order valence-electron chi connectivity index (χ2n) is 13.5. The largest absolute Gasteiger partial charge is 0.460 e. The molecule has 1 saturated heterocycles. The molecule has 0 radical (unpaired) electrons. The van der Waals surface area contributed by atoms with E-state index in [0.29, 0.717) is 44.2 Å². The van der Waals surface area contributed by atoms with Gasteiger partial charge in [0.2, 0.25) is 5.95 Å². The molecule has 1 saturated carbocycles. The minimum Gasteiger partial charge on any atom is -0.460 e. The SMILES string of the molecule is Nc1cc(N2CCC(C(=O)CC[C@H](N)C(=O)OCc3ccccc3)CC2)nc(NCc2cn(CCCNCCCNC3CCCCC3)nn2)n1. The first-order valence-corrected chi connectivity index (χ1v) is 18.4. The van der Waals surface area contributed by atoms with Crippen molar-refractivity contribution in [2.45, 2.75) is 102 Å². The summed E-state index contributed by atoms with van der Waals surface area (Å²) < 4.78 is 7.18. The predicted molar refractivity (Wildman–Crippen MR) is 194 cm³/mol. The van der Waals surface area contributed by atoms with Gasteiger partial charge in [-0.3, -0.25) is 14.3 Å². The van der Waals surface area contributed by atoms with E-state index in [1.165, 1.54) is 32.1 Å². The van der Waals surface area contributed by atoms with Gasteiger partial charge in [-0.1, -0.05) is 54.8 Å². The number of nitrogens with one attached hydrogen (secondary N) is 3. The molecule has 1 atom stereocenters. The summed E-state index contributed by atoms with van der Waals surface area (Å²) in [5.41, 5.74) is 13.9. The fraction of sp³-hybridized carbons (Fsp3) is 0.611. The Morgan fingerprint density at radius 3 is 2.56 bits per heavy atom. The standard InChI is InChI=1S/C36H55N11O3/c37-31(35(49)50-26-27-9-3-1-4-10-27)13-14-32(48)28-15-21-46(22-16-28)34-23-33(38)42-36(43-34)41-24-30-25-47(45-44-30)20-8-18-39-17-7-19-40-29-11-5-2-6-12-29/h1,3-4,9-10,23,25,28-29,31,39-40H,2,5-8,11-22,24,26,37H2,(H3,38,41,42,43)/t31-/m0/s1. The average molecular weight is 690 g/mol. The molecular formula is C36H55N11O3. The van der Waals surface area contributed by atoms with Gasteiger partial charge in [-0.15, -0.1) is 5.10 Å². The van der Waals surface area contributed by atoms with Crippen molar-refractivity contribution in [3.05, 3.63) is 53.9 Å². The molecule has 3 aromatic rings. The van der Waals surface area contributed by atoms with Gasteiger partial charge >= 0.3 is 5.97 Å². The topological polar surface area (TPSA) is 191 Å². The van der Waals surface area contributed by atoms with Gasteiger partial charge in [-0.25, -0.2) is 0 Å². The number of ketones is 1. The molecule has 0 bridgehead atoms. The van der Waals surface area contributed by atoms with Crippen LogP contribution in [0, 0.1) is 5.92 Å². The number of nitrogen functional groups attached to an aromatic ring is 1. The molecule has 2 fully saturated rings. The summed E-state index contributed by atoms with van der Waals surface area (Å²) in [6.45, 7) is 5.78. The molecule has 1 aromatic carbocycles. The van der Waals surface area contributed by atoms with Crippen molar-refractivity contribution in [2.24, 2.45) is 11.7 Å². The minimum atomic E-state index is -0.822. The lowest BCUT2D eigenvalue weighted by Crippen LogP contribution is -2.38. The molecule has 3 heterocycles. The van der Waals surface area contributed by atoms with Gasteiger partial charge in [0.05, 0.1) is 12.7 Å². The number of nitrogens with zero attached hydrogens (tertiary/aromatic N) is 6.